The molecule has 4 heteroatoms. The van der Waals surface area contributed by atoms with E-state index in [9.17, 15) is 0 Å². The molecule has 0 N–H and O–H groups in total. The molecule has 0 unspecified atom stereocenters. The first kappa shape index (κ1) is 8.68. The third-order valence-corrected chi connectivity index (χ3v) is 6.31. The quantitative estimate of drug-likeness (QED) is 0.550. The van der Waals surface area contributed by atoms with Gasteiger partial charge in [0.15, 0.2) is 0 Å². The Morgan fingerprint density at radius 2 is 1.67 bits per heavy atom. The molecule has 12 heavy (non-hydrogen) atoms. The van der Waals surface area contributed by atoms with Crippen LogP contribution in [-0.2, 0) is 9.05 Å². The molecule has 1 aliphatic heterocycles. The first-order valence-electron chi connectivity index (χ1n) is 3.76. The summed E-state index contributed by atoms with van der Waals surface area (Å²) in [6, 6.07) is 10.1. The average molecular weight is 247 g/mol. The monoisotopic (exact) mass is 248 g/mol. The van der Waals surface area contributed by atoms with Gasteiger partial charge in [-0.05, 0) is 0 Å². The zero-order valence-electron chi connectivity index (χ0n) is 6.47. The van der Waals surface area contributed by atoms with Gasteiger partial charge in [0.25, 0.3) is 0 Å². The Morgan fingerprint density at radius 1 is 1.08 bits per heavy atom. The number of benzene rings is 1. The first-order chi connectivity index (χ1) is 5.81. The van der Waals surface area contributed by atoms with E-state index in [4.69, 9.17) is 9.05 Å². The zero-order chi connectivity index (χ0) is 8.44. The van der Waals surface area contributed by atoms with Crippen LogP contribution in [0.3, 0.4) is 0 Å². The average Bonchev–Trinajstić information content (AvgIpc) is 2.55. The summed E-state index contributed by atoms with van der Waals surface area (Å²) in [6.07, 6.45) is 0. The number of hydrogen-bond donors (Lipinski definition) is 0. The van der Waals surface area contributed by atoms with Crippen LogP contribution in [0.25, 0.3) is 0 Å². The summed E-state index contributed by atoms with van der Waals surface area (Å²) >= 11 is 3.04. The Morgan fingerprint density at radius 3 is 2.25 bits per heavy atom. The molecule has 0 radical (unpaired) electrons. The summed E-state index contributed by atoms with van der Waals surface area (Å²) in [6.45, 7) is 1.41. The van der Waals surface area contributed by atoms with E-state index in [-0.39, 0.29) is 0 Å². The van der Waals surface area contributed by atoms with Gasteiger partial charge in [0.2, 0.25) is 0 Å². The molecule has 2 rings (SSSR count). The van der Waals surface area contributed by atoms with Crippen molar-refractivity contribution in [2.45, 2.75) is 0 Å². The van der Waals surface area contributed by atoms with E-state index < -0.39 is 5.96 Å². The molecule has 1 aliphatic rings. The third-order valence-electron chi connectivity index (χ3n) is 1.68. The van der Waals surface area contributed by atoms with Crippen LogP contribution in [0.4, 0.5) is 0 Å². The summed E-state index contributed by atoms with van der Waals surface area (Å²) in [5, 5.41) is 1.14. The molecule has 0 bridgehead atoms. The van der Waals surface area contributed by atoms with E-state index in [1.165, 1.54) is 0 Å². The van der Waals surface area contributed by atoms with E-state index in [1.54, 1.807) is 0 Å². The van der Waals surface area contributed by atoms with Crippen LogP contribution in [-0.4, -0.2) is 28.3 Å². The predicted molar refractivity (Wildman–Crippen MR) is 50.7 cm³/mol. The second-order valence-corrected chi connectivity index (χ2v) is 7.55. The van der Waals surface area contributed by atoms with Crippen molar-refractivity contribution >= 4 is 26.4 Å². The van der Waals surface area contributed by atoms with Gasteiger partial charge in [-0.2, -0.15) is 0 Å². The van der Waals surface area contributed by atoms with Crippen LogP contribution in [0.1, 0.15) is 0 Å². The summed E-state index contributed by atoms with van der Waals surface area (Å²) in [4.78, 5) is 0. The van der Waals surface area contributed by atoms with Crippen molar-refractivity contribution < 1.29 is 9.05 Å². The minimum absolute atomic E-state index is 0.704. The van der Waals surface area contributed by atoms with Crippen LogP contribution >= 0.6 is 5.96 Å². The number of rotatable bonds is 1. The fourth-order valence-corrected chi connectivity index (χ4v) is 4.36. The third kappa shape index (κ3) is 1.56. The molecule has 1 aromatic carbocycles. The molecule has 0 amide bonds. The van der Waals surface area contributed by atoms with E-state index >= 15 is 0 Å². The molecule has 0 aliphatic carbocycles. The van der Waals surface area contributed by atoms with Gasteiger partial charge in [0, 0.05) is 0 Å². The Labute approximate surface area is 79.3 Å². The SMILES string of the molecule is [Se]=P1(c2ccccc2)OCCO1. The second-order valence-electron chi connectivity index (χ2n) is 2.50. The zero-order valence-corrected chi connectivity index (χ0v) is 9.08. The van der Waals surface area contributed by atoms with Gasteiger partial charge < -0.3 is 0 Å². The standard InChI is InChI=1S/C8H9O2PSe/c12-11(9-6-7-10-11)8-4-2-1-3-5-8/h1-5H,6-7H2. The Kier molecular flexibility index (Phi) is 2.49. The van der Waals surface area contributed by atoms with Crippen molar-refractivity contribution in [1.29, 1.82) is 0 Å². The van der Waals surface area contributed by atoms with E-state index in [0.717, 1.165) is 5.30 Å². The summed E-state index contributed by atoms with van der Waals surface area (Å²) in [7, 11) is 0. The van der Waals surface area contributed by atoms with E-state index in [1.807, 2.05) is 30.3 Å². The fourth-order valence-electron chi connectivity index (χ4n) is 1.11. The van der Waals surface area contributed by atoms with Crippen molar-refractivity contribution in [3.05, 3.63) is 30.3 Å². The Bertz CT molecular complexity index is 302. The van der Waals surface area contributed by atoms with Crippen LogP contribution in [0, 0.1) is 0 Å². The van der Waals surface area contributed by atoms with Crippen LogP contribution < -0.4 is 5.30 Å². The normalized spacial score (nSPS) is 21.0. The summed E-state index contributed by atoms with van der Waals surface area (Å²) in [5.41, 5.74) is 0. The molecule has 2 nitrogen and oxygen atoms in total. The van der Waals surface area contributed by atoms with Gasteiger partial charge in [0.1, 0.15) is 0 Å². The minimum atomic E-state index is -1.80. The topological polar surface area (TPSA) is 18.5 Å². The van der Waals surface area contributed by atoms with Gasteiger partial charge in [0.05, 0.1) is 0 Å². The van der Waals surface area contributed by atoms with Crippen LogP contribution in [0.15, 0.2) is 30.3 Å². The summed E-state index contributed by atoms with van der Waals surface area (Å²) in [5.74, 6) is -1.80. The van der Waals surface area contributed by atoms with Crippen molar-refractivity contribution in [3.63, 3.8) is 0 Å². The molecule has 64 valence electrons. The maximum atomic E-state index is 5.56. The van der Waals surface area contributed by atoms with E-state index in [2.05, 4.69) is 15.1 Å². The molecule has 0 aromatic heterocycles. The van der Waals surface area contributed by atoms with Gasteiger partial charge in [-0.3, -0.25) is 0 Å². The van der Waals surface area contributed by atoms with Crippen molar-refractivity contribution in [2.24, 2.45) is 0 Å². The van der Waals surface area contributed by atoms with Crippen LogP contribution in [0.2, 0.25) is 0 Å². The molecular formula is C8H9O2PSe. The maximum absolute atomic E-state index is 5.56. The second kappa shape index (κ2) is 3.45. The van der Waals surface area contributed by atoms with Gasteiger partial charge in [-0.25, -0.2) is 0 Å². The van der Waals surface area contributed by atoms with Gasteiger partial charge in [-0.15, -0.1) is 0 Å². The molecule has 0 atom stereocenters. The molecule has 0 spiro atoms. The summed E-state index contributed by atoms with van der Waals surface area (Å²) < 4.78 is 11.1. The number of hydrogen-bond acceptors (Lipinski definition) is 2. The molecule has 1 heterocycles. The Hall–Kier alpha value is 0.0895. The molecule has 1 aromatic rings. The first-order valence-corrected chi connectivity index (χ1v) is 7.60. The molecule has 1 saturated heterocycles. The van der Waals surface area contributed by atoms with Gasteiger partial charge >= 0.3 is 79.0 Å². The van der Waals surface area contributed by atoms with Gasteiger partial charge in [-0.1, -0.05) is 0 Å². The van der Waals surface area contributed by atoms with Crippen molar-refractivity contribution in [2.75, 3.05) is 13.2 Å². The van der Waals surface area contributed by atoms with Crippen LogP contribution in [0.5, 0.6) is 0 Å². The fraction of sp³-hybridized carbons (Fsp3) is 0.250. The molecule has 0 saturated carbocycles. The predicted octanol–water partition coefficient (Wildman–Crippen LogP) is 1.29. The Balaban J connectivity index is 2.36. The van der Waals surface area contributed by atoms with Crippen molar-refractivity contribution in [1.82, 2.24) is 0 Å². The van der Waals surface area contributed by atoms with Crippen molar-refractivity contribution in [3.8, 4) is 0 Å². The molecular weight excluding hydrogens is 238 g/mol. The van der Waals surface area contributed by atoms with E-state index in [0.29, 0.717) is 13.2 Å². The molecule has 1 fully saturated rings.